The van der Waals surface area contributed by atoms with Crippen LogP contribution in [-0.4, -0.2) is 36.8 Å². The number of methoxy groups -OCH3 is 1. The fourth-order valence-corrected chi connectivity index (χ4v) is 3.62. The zero-order chi connectivity index (χ0) is 22.1. The maximum absolute atomic E-state index is 12.7. The number of nitrogens with zero attached hydrogens (tertiary/aromatic N) is 2. The number of nitrogens with one attached hydrogen (secondary N) is 2. The second-order valence-electron chi connectivity index (χ2n) is 5.88. The van der Waals surface area contributed by atoms with Crippen LogP contribution in [0.5, 0.6) is 0 Å². The van der Waals surface area contributed by atoms with Crippen LogP contribution >= 0.6 is 11.3 Å². The van der Waals surface area contributed by atoms with Gasteiger partial charge in [0.05, 0.1) is 6.61 Å². The molecule has 0 aliphatic rings. The van der Waals surface area contributed by atoms with Gasteiger partial charge < -0.3 is 20.1 Å². The maximum Gasteiger partial charge on any atom is 0.351 e. The number of ether oxygens (including phenoxy) is 2. The molecule has 1 aromatic heterocycles. The second-order valence-corrected chi connectivity index (χ2v) is 6.91. The first-order valence-electron chi connectivity index (χ1n) is 9.11. The number of benzene rings is 1. The van der Waals surface area contributed by atoms with Crippen molar-refractivity contribution < 1.29 is 19.1 Å². The zero-order valence-corrected chi connectivity index (χ0v) is 17.7. The van der Waals surface area contributed by atoms with E-state index >= 15 is 0 Å². The summed E-state index contributed by atoms with van der Waals surface area (Å²) in [6.45, 7) is 3.76. The Morgan fingerprint density at radius 3 is 2.67 bits per heavy atom. The van der Waals surface area contributed by atoms with E-state index in [0.29, 0.717) is 22.5 Å². The Kier molecular flexibility index (Phi) is 8.34. The molecule has 9 nitrogen and oxygen atoms in total. The summed E-state index contributed by atoms with van der Waals surface area (Å²) in [6.07, 6.45) is 1.50. The number of thiazole rings is 1. The monoisotopic (exact) mass is 430 g/mol. The lowest BCUT2D eigenvalue weighted by molar-refractivity contribution is -0.136. The number of aromatic nitrogens is 1. The molecule has 0 bridgehead atoms. The van der Waals surface area contributed by atoms with E-state index in [4.69, 9.17) is 9.47 Å². The van der Waals surface area contributed by atoms with E-state index in [1.165, 1.54) is 17.9 Å². The minimum Gasteiger partial charge on any atom is -0.462 e. The van der Waals surface area contributed by atoms with Gasteiger partial charge in [-0.15, -0.1) is 11.3 Å². The highest BCUT2D eigenvalue weighted by molar-refractivity contribution is 7.07. The van der Waals surface area contributed by atoms with Crippen molar-refractivity contribution in [2.24, 2.45) is 0 Å². The van der Waals surface area contributed by atoms with Gasteiger partial charge in [0.1, 0.15) is 21.9 Å². The summed E-state index contributed by atoms with van der Waals surface area (Å²) in [5.41, 5.74) is 0.670. The highest BCUT2D eigenvalue weighted by atomic mass is 32.1. The number of esters is 1. The standard InChI is InChI=1S/C20H22N4O5S/c1-4-24-18(26)16(30-19(24)15(10-21)20(27)29-5-2)11-22-13-7-6-8-14(9-13)23-17(25)12-28-3/h6-9,11,22H,4-5,12H2,1-3H3,(H,23,25). The molecule has 1 amide bonds. The Labute approximate surface area is 176 Å². The Morgan fingerprint density at radius 2 is 2.03 bits per heavy atom. The second kappa shape index (κ2) is 10.9. The van der Waals surface area contributed by atoms with Crippen LogP contribution < -0.4 is 25.4 Å². The van der Waals surface area contributed by atoms with Gasteiger partial charge in [-0.3, -0.25) is 14.2 Å². The molecule has 0 unspecified atom stereocenters. The SMILES string of the molecule is CCOC(=O)C(C#N)=c1sc(=CNc2cccc(NC(=O)COC)c2)c(=O)n1CC. The fourth-order valence-electron chi connectivity index (χ4n) is 2.54. The summed E-state index contributed by atoms with van der Waals surface area (Å²) in [4.78, 5) is 36.4. The van der Waals surface area contributed by atoms with Crippen LogP contribution in [0.15, 0.2) is 29.1 Å². The summed E-state index contributed by atoms with van der Waals surface area (Å²) in [5.74, 6) is -1.05. The summed E-state index contributed by atoms with van der Waals surface area (Å²) >= 11 is 1.02. The molecule has 1 aromatic carbocycles. The van der Waals surface area contributed by atoms with Gasteiger partial charge in [-0.2, -0.15) is 5.26 Å². The molecule has 0 atom stereocenters. The van der Waals surface area contributed by atoms with Crippen molar-refractivity contribution in [1.29, 1.82) is 5.26 Å². The van der Waals surface area contributed by atoms with E-state index in [-0.39, 0.29) is 34.9 Å². The number of carbonyl (C=O) groups excluding carboxylic acids is 2. The lowest BCUT2D eigenvalue weighted by Crippen LogP contribution is -2.32. The third kappa shape index (κ3) is 5.56. The summed E-state index contributed by atoms with van der Waals surface area (Å²) in [5, 5.41) is 15.1. The first-order valence-corrected chi connectivity index (χ1v) is 9.93. The van der Waals surface area contributed by atoms with Gasteiger partial charge in [0, 0.05) is 31.2 Å². The zero-order valence-electron chi connectivity index (χ0n) is 16.9. The summed E-state index contributed by atoms with van der Waals surface area (Å²) < 4.78 is 11.6. The van der Waals surface area contributed by atoms with E-state index in [0.717, 1.165) is 11.3 Å². The molecule has 10 heteroatoms. The molecule has 0 aliphatic heterocycles. The number of carbonyl (C=O) groups is 2. The third-order valence-electron chi connectivity index (χ3n) is 3.82. The maximum atomic E-state index is 12.7. The van der Waals surface area contributed by atoms with Crippen LogP contribution in [0, 0.1) is 11.3 Å². The quantitative estimate of drug-likeness (QED) is 0.588. The number of anilines is 2. The van der Waals surface area contributed by atoms with Crippen LogP contribution in [0.25, 0.3) is 11.8 Å². The van der Waals surface area contributed by atoms with E-state index in [1.54, 1.807) is 38.1 Å². The highest BCUT2D eigenvalue weighted by Crippen LogP contribution is 2.15. The van der Waals surface area contributed by atoms with Crippen LogP contribution in [0.3, 0.4) is 0 Å². The fraction of sp³-hybridized carbons (Fsp3) is 0.300. The Hall–Kier alpha value is -3.42. The van der Waals surface area contributed by atoms with Crippen molar-refractivity contribution in [2.75, 3.05) is 31.0 Å². The molecule has 158 valence electrons. The minimum atomic E-state index is -0.762. The Morgan fingerprint density at radius 1 is 1.30 bits per heavy atom. The molecule has 2 rings (SSSR count). The lowest BCUT2D eigenvalue weighted by atomic mass is 10.2. The molecule has 0 saturated carbocycles. The molecule has 2 aromatic rings. The minimum absolute atomic E-state index is 0.0590. The topological polar surface area (TPSA) is 122 Å². The lowest BCUT2D eigenvalue weighted by Gasteiger charge is -2.06. The number of hydrogen-bond acceptors (Lipinski definition) is 8. The van der Waals surface area contributed by atoms with Crippen molar-refractivity contribution in [3.63, 3.8) is 0 Å². The largest absolute Gasteiger partial charge is 0.462 e. The summed E-state index contributed by atoms with van der Waals surface area (Å²) in [6, 6.07) is 8.76. The van der Waals surface area contributed by atoms with E-state index in [1.807, 2.05) is 6.07 Å². The van der Waals surface area contributed by atoms with Gasteiger partial charge in [0.25, 0.3) is 5.56 Å². The predicted molar refractivity (Wildman–Crippen MR) is 114 cm³/mol. The smallest absolute Gasteiger partial charge is 0.351 e. The van der Waals surface area contributed by atoms with Crippen molar-refractivity contribution in [1.82, 2.24) is 4.57 Å². The van der Waals surface area contributed by atoms with Crippen LogP contribution in [0.1, 0.15) is 13.8 Å². The Bertz CT molecular complexity index is 1140. The Balaban J connectivity index is 2.41. The van der Waals surface area contributed by atoms with Crippen LogP contribution in [-0.2, 0) is 25.6 Å². The van der Waals surface area contributed by atoms with E-state index in [2.05, 4.69) is 10.6 Å². The normalized spacial score (nSPS) is 12.1. The molecular weight excluding hydrogens is 408 g/mol. The molecule has 0 saturated heterocycles. The molecule has 2 N–H and O–H groups in total. The van der Waals surface area contributed by atoms with E-state index in [9.17, 15) is 19.6 Å². The molecule has 0 radical (unpaired) electrons. The molecular formula is C20H22N4O5S. The molecule has 0 spiro atoms. The van der Waals surface area contributed by atoms with Gasteiger partial charge in [-0.25, -0.2) is 4.79 Å². The highest BCUT2D eigenvalue weighted by Gasteiger charge is 2.16. The molecule has 0 aliphatic carbocycles. The molecule has 1 heterocycles. The third-order valence-corrected chi connectivity index (χ3v) is 4.95. The average molecular weight is 430 g/mol. The van der Waals surface area contributed by atoms with Crippen molar-refractivity contribution in [2.45, 2.75) is 20.4 Å². The number of hydrogen-bond donors (Lipinski definition) is 2. The van der Waals surface area contributed by atoms with Gasteiger partial charge >= 0.3 is 5.97 Å². The predicted octanol–water partition coefficient (Wildman–Crippen LogP) is 0.602. The van der Waals surface area contributed by atoms with Crippen LogP contribution in [0.2, 0.25) is 0 Å². The van der Waals surface area contributed by atoms with Gasteiger partial charge in [0.15, 0.2) is 5.57 Å². The molecule has 30 heavy (non-hydrogen) atoms. The number of nitriles is 1. The van der Waals surface area contributed by atoms with Gasteiger partial charge in [-0.05, 0) is 32.0 Å². The van der Waals surface area contributed by atoms with Crippen molar-refractivity contribution >= 4 is 46.4 Å². The van der Waals surface area contributed by atoms with E-state index < -0.39 is 5.97 Å². The number of rotatable bonds is 8. The first-order chi connectivity index (χ1) is 14.4. The average Bonchev–Trinajstić information content (AvgIpc) is 3.03. The van der Waals surface area contributed by atoms with Crippen LogP contribution in [0.4, 0.5) is 11.4 Å². The number of amides is 1. The first kappa shape index (κ1) is 22.9. The van der Waals surface area contributed by atoms with Crippen molar-refractivity contribution in [3.05, 3.63) is 43.8 Å². The van der Waals surface area contributed by atoms with Gasteiger partial charge in [-0.1, -0.05) is 6.07 Å². The summed E-state index contributed by atoms with van der Waals surface area (Å²) in [7, 11) is 1.43. The molecule has 0 fully saturated rings. The van der Waals surface area contributed by atoms with Crippen molar-refractivity contribution in [3.8, 4) is 6.07 Å². The van der Waals surface area contributed by atoms with Gasteiger partial charge in [0.2, 0.25) is 5.91 Å².